The summed E-state index contributed by atoms with van der Waals surface area (Å²) in [4.78, 5) is 23.7. The Morgan fingerprint density at radius 1 is 1.35 bits per heavy atom. The number of nitrogens with two attached hydrogens (primary N) is 1. The Morgan fingerprint density at radius 3 is 2.52 bits per heavy atom. The molecule has 0 aliphatic heterocycles. The molecule has 0 saturated carbocycles. The van der Waals surface area contributed by atoms with Crippen molar-refractivity contribution in [3.8, 4) is 0 Å². The Balaban J connectivity index is 1.99. The van der Waals surface area contributed by atoms with E-state index < -0.39 is 11.8 Å². The molecular formula is C16H19FN4O2. The molecule has 1 aromatic heterocycles. The van der Waals surface area contributed by atoms with E-state index in [-0.39, 0.29) is 18.3 Å². The summed E-state index contributed by atoms with van der Waals surface area (Å²) in [5.74, 6) is -1.75. The summed E-state index contributed by atoms with van der Waals surface area (Å²) < 4.78 is 14.4. The van der Waals surface area contributed by atoms with E-state index in [1.807, 2.05) is 0 Å². The normalized spacial score (nSPS) is 12.0. The largest absolute Gasteiger partial charge is 0.369 e. The van der Waals surface area contributed by atoms with Gasteiger partial charge >= 0.3 is 0 Å². The van der Waals surface area contributed by atoms with Crippen LogP contribution in [0.1, 0.15) is 21.7 Å². The number of rotatable bonds is 6. The number of aryl methyl sites for hydroxylation is 2. The first kappa shape index (κ1) is 16.7. The number of hydrogen-bond acceptors (Lipinski definition) is 3. The van der Waals surface area contributed by atoms with Gasteiger partial charge in [-0.15, -0.1) is 0 Å². The van der Waals surface area contributed by atoms with E-state index in [0.29, 0.717) is 12.1 Å². The van der Waals surface area contributed by atoms with Crippen LogP contribution in [0.4, 0.5) is 4.39 Å². The Bertz CT molecular complexity index is 709. The Hall–Kier alpha value is -2.70. The van der Waals surface area contributed by atoms with Gasteiger partial charge in [-0.1, -0.05) is 12.1 Å². The maximum absolute atomic E-state index is 12.9. The molecule has 3 N–H and O–H groups in total. The number of hydrogen-bond donors (Lipinski definition) is 2. The van der Waals surface area contributed by atoms with Gasteiger partial charge in [-0.05, 0) is 37.1 Å². The predicted octanol–water partition coefficient (Wildman–Crippen LogP) is 0.942. The van der Waals surface area contributed by atoms with E-state index >= 15 is 0 Å². The predicted molar refractivity (Wildman–Crippen MR) is 83.1 cm³/mol. The van der Waals surface area contributed by atoms with Crippen LogP contribution in [0.3, 0.4) is 0 Å². The van der Waals surface area contributed by atoms with Crippen LogP contribution >= 0.6 is 0 Å². The average molecular weight is 318 g/mol. The molecule has 1 unspecified atom stereocenters. The number of benzene rings is 1. The van der Waals surface area contributed by atoms with Gasteiger partial charge < -0.3 is 11.1 Å². The molecule has 1 atom stereocenters. The topological polar surface area (TPSA) is 90.0 Å². The van der Waals surface area contributed by atoms with Crippen molar-refractivity contribution in [1.29, 1.82) is 0 Å². The second-order valence-corrected chi connectivity index (χ2v) is 5.43. The van der Waals surface area contributed by atoms with Crippen LogP contribution in [-0.4, -0.2) is 28.1 Å². The summed E-state index contributed by atoms with van der Waals surface area (Å²) in [5, 5.41) is 6.79. The molecule has 2 rings (SSSR count). The lowest BCUT2D eigenvalue weighted by Crippen LogP contribution is -2.37. The minimum Gasteiger partial charge on any atom is -0.369 e. The molecule has 0 spiro atoms. The van der Waals surface area contributed by atoms with Gasteiger partial charge in [0, 0.05) is 13.6 Å². The molecule has 0 aliphatic carbocycles. The third-order valence-electron chi connectivity index (χ3n) is 3.54. The molecule has 0 fully saturated rings. The highest BCUT2D eigenvalue weighted by molar-refractivity contribution is 5.93. The molecule has 7 heteroatoms. The summed E-state index contributed by atoms with van der Waals surface area (Å²) >= 11 is 0. The first-order chi connectivity index (χ1) is 10.9. The van der Waals surface area contributed by atoms with Gasteiger partial charge in [0.2, 0.25) is 5.91 Å². The maximum atomic E-state index is 12.9. The number of nitrogens with zero attached hydrogens (tertiary/aromatic N) is 2. The molecule has 6 nitrogen and oxygen atoms in total. The zero-order chi connectivity index (χ0) is 17.0. The Kier molecular flexibility index (Phi) is 5.10. The molecule has 1 aromatic carbocycles. The third kappa shape index (κ3) is 4.38. The summed E-state index contributed by atoms with van der Waals surface area (Å²) in [6, 6.07) is 7.50. The van der Waals surface area contributed by atoms with Gasteiger partial charge in [-0.25, -0.2) is 4.39 Å². The van der Waals surface area contributed by atoms with Crippen LogP contribution in [0, 0.1) is 18.7 Å². The lowest BCUT2D eigenvalue weighted by Gasteiger charge is -2.14. The van der Waals surface area contributed by atoms with Crippen molar-refractivity contribution in [2.24, 2.45) is 18.7 Å². The number of carbonyl (C=O) groups is 2. The number of aromatic nitrogens is 2. The lowest BCUT2D eigenvalue weighted by molar-refractivity contribution is -0.121. The number of primary amides is 1. The zero-order valence-electron chi connectivity index (χ0n) is 13.0. The van der Waals surface area contributed by atoms with Crippen molar-refractivity contribution >= 4 is 11.8 Å². The molecular weight excluding hydrogens is 299 g/mol. The fourth-order valence-electron chi connectivity index (χ4n) is 2.31. The van der Waals surface area contributed by atoms with Gasteiger partial charge in [0.1, 0.15) is 11.5 Å². The molecule has 122 valence electrons. The molecule has 23 heavy (non-hydrogen) atoms. The first-order valence-corrected chi connectivity index (χ1v) is 7.19. The number of nitrogens with one attached hydrogen (secondary N) is 1. The highest BCUT2D eigenvalue weighted by atomic mass is 19.1. The smallest absolute Gasteiger partial charge is 0.269 e. The van der Waals surface area contributed by atoms with Gasteiger partial charge in [0.25, 0.3) is 5.91 Å². The monoisotopic (exact) mass is 318 g/mol. The van der Waals surface area contributed by atoms with Crippen LogP contribution in [0.25, 0.3) is 0 Å². The second kappa shape index (κ2) is 7.04. The minimum atomic E-state index is -0.571. The fourth-order valence-corrected chi connectivity index (χ4v) is 2.31. The first-order valence-electron chi connectivity index (χ1n) is 7.19. The van der Waals surface area contributed by atoms with E-state index in [1.54, 1.807) is 32.2 Å². The van der Waals surface area contributed by atoms with Gasteiger partial charge in [-0.2, -0.15) is 5.10 Å². The average Bonchev–Trinajstić information content (AvgIpc) is 2.83. The quantitative estimate of drug-likeness (QED) is 0.830. The molecule has 0 saturated heterocycles. The van der Waals surface area contributed by atoms with Gasteiger partial charge in [0.15, 0.2) is 0 Å². The third-order valence-corrected chi connectivity index (χ3v) is 3.54. The Morgan fingerprint density at radius 2 is 2.00 bits per heavy atom. The van der Waals surface area contributed by atoms with Crippen LogP contribution in [0.2, 0.25) is 0 Å². The van der Waals surface area contributed by atoms with E-state index in [4.69, 9.17) is 5.73 Å². The summed E-state index contributed by atoms with van der Waals surface area (Å²) in [7, 11) is 1.67. The van der Waals surface area contributed by atoms with Crippen molar-refractivity contribution in [3.05, 3.63) is 53.1 Å². The summed E-state index contributed by atoms with van der Waals surface area (Å²) in [6.07, 6.45) is 0.334. The summed E-state index contributed by atoms with van der Waals surface area (Å²) in [5.41, 5.74) is 7.31. The minimum absolute atomic E-state index is 0.107. The number of amides is 2. The number of carbonyl (C=O) groups excluding carboxylic acids is 2. The highest BCUT2D eigenvalue weighted by Crippen LogP contribution is 2.10. The van der Waals surface area contributed by atoms with Crippen molar-refractivity contribution in [3.63, 3.8) is 0 Å². The molecule has 2 amide bonds. The summed E-state index contributed by atoms with van der Waals surface area (Å²) in [6.45, 7) is 1.90. The van der Waals surface area contributed by atoms with E-state index in [9.17, 15) is 14.0 Å². The molecule has 2 aromatic rings. The van der Waals surface area contributed by atoms with Crippen molar-refractivity contribution < 1.29 is 14.0 Å². The number of halogens is 1. The van der Waals surface area contributed by atoms with Crippen LogP contribution in [-0.2, 0) is 18.3 Å². The highest BCUT2D eigenvalue weighted by Gasteiger charge is 2.19. The van der Waals surface area contributed by atoms with Crippen molar-refractivity contribution in [1.82, 2.24) is 15.1 Å². The van der Waals surface area contributed by atoms with E-state index in [1.165, 1.54) is 16.8 Å². The SMILES string of the molecule is Cc1cc(C(=O)NCC(Cc2ccc(F)cc2)C(N)=O)n(C)n1. The van der Waals surface area contributed by atoms with E-state index in [2.05, 4.69) is 10.4 Å². The zero-order valence-corrected chi connectivity index (χ0v) is 13.0. The van der Waals surface area contributed by atoms with Crippen LogP contribution < -0.4 is 11.1 Å². The molecule has 0 aliphatic rings. The Labute approximate surface area is 133 Å². The molecule has 1 heterocycles. The van der Waals surface area contributed by atoms with E-state index in [0.717, 1.165) is 11.3 Å². The molecule has 0 radical (unpaired) electrons. The van der Waals surface area contributed by atoms with Gasteiger partial charge in [0.05, 0.1) is 11.6 Å². The fraction of sp³-hybridized carbons (Fsp3) is 0.312. The lowest BCUT2D eigenvalue weighted by atomic mass is 9.98. The maximum Gasteiger partial charge on any atom is 0.269 e. The van der Waals surface area contributed by atoms with Crippen LogP contribution in [0.5, 0.6) is 0 Å². The second-order valence-electron chi connectivity index (χ2n) is 5.43. The van der Waals surface area contributed by atoms with Crippen molar-refractivity contribution in [2.45, 2.75) is 13.3 Å². The van der Waals surface area contributed by atoms with Gasteiger partial charge in [-0.3, -0.25) is 14.3 Å². The molecule has 0 bridgehead atoms. The van der Waals surface area contributed by atoms with Crippen molar-refractivity contribution in [2.75, 3.05) is 6.54 Å². The standard InChI is InChI=1S/C16H19FN4O2/c1-10-7-14(21(2)20-10)16(23)19-9-12(15(18)22)8-11-3-5-13(17)6-4-11/h3-7,12H,8-9H2,1-2H3,(H2,18,22)(H,19,23). The van der Waals surface area contributed by atoms with Crippen LogP contribution in [0.15, 0.2) is 30.3 Å².